The van der Waals surface area contributed by atoms with Crippen molar-refractivity contribution in [3.05, 3.63) is 0 Å². The van der Waals surface area contributed by atoms with Crippen LogP contribution in [-0.4, -0.2) is 21.8 Å². The topological polar surface area (TPSA) is 57.5 Å². The second-order valence-corrected chi connectivity index (χ2v) is 6.73. The maximum Gasteiger partial charge on any atom is 0.309 e. The lowest BCUT2D eigenvalue weighted by molar-refractivity contribution is -0.158. The summed E-state index contributed by atoms with van der Waals surface area (Å²) in [6.07, 6.45) is 8.78. The Hall–Kier alpha value is -0.570. The third-order valence-electron chi connectivity index (χ3n) is 5.14. The summed E-state index contributed by atoms with van der Waals surface area (Å²) in [5.74, 6) is -0.0492. The van der Waals surface area contributed by atoms with Gasteiger partial charge in [0.25, 0.3) is 0 Å². The third kappa shape index (κ3) is 2.87. The fraction of sp³-hybridized carbons (Fsp3) is 0.933. The molecular formula is C15H26O3. The van der Waals surface area contributed by atoms with Gasteiger partial charge in [0.05, 0.1) is 11.0 Å². The molecule has 3 heteroatoms. The smallest absolute Gasteiger partial charge is 0.309 e. The fourth-order valence-electron chi connectivity index (χ4n) is 3.80. The monoisotopic (exact) mass is 254 g/mol. The van der Waals surface area contributed by atoms with Crippen LogP contribution in [0.4, 0.5) is 0 Å². The van der Waals surface area contributed by atoms with Gasteiger partial charge >= 0.3 is 5.97 Å². The number of hydrogen-bond donors (Lipinski definition) is 2. The molecule has 2 aliphatic carbocycles. The van der Waals surface area contributed by atoms with E-state index in [1.54, 1.807) is 0 Å². The molecule has 0 atom stereocenters. The number of aliphatic hydroxyl groups is 1. The van der Waals surface area contributed by atoms with E-state index in [0.717, 1.165) is 51.4 Å². The molecule has 0 spiro atoms. The molecule has 0 unspecified atom stereocenters. The van der Waals surface area contributed by atoms with E-state index in [9.17, 15) is 15.0 Å². The summed E-state index contributed by atoms with van der Waals surface area (Å²) in [6, 6.07) is 0. The predicted octanol–water partition coefficient (Wildman–Crippen LogP) is 3.35. The van der Waals surface area contributed by atoms with Crippen molar-refractivity contribution in [3.63, 3.8) is 0 Å². The lowest BCUT2D eigenvalue weighted by atomic mass is 9.63. The predicted molar refractivity (Wildman–Crippen MR) is 70.4 cm³/mol. The van der Waals surface area contributed by atoms with Crippen LogP contribution in [0, 0.1) is 11.3 Å². The molecule has 0 saturated heterocycles. The maximum atomic E-state index is 11.7. The molecule has 0 aromatic rings. The minimum absolute atomic E-state index is 0.474. The molecule has 0 heterocycles. The number of aliphatic carboxylic acids is 1. The van der Waals surface area contributed by atoms with Crippen LogP contribution in [0.1, 0.15) is 71.1 Å². The number of carboxylic acids is 1. The summed E-state index contributed by atoms with van der Waals surface area (Å²) in [4.78, 5) is 11.7. The molecule has 18 heavy (non-hydrogen) atoms. The Morgan fingerprint density at radius 2 is 1.67 bits per heavy atom. The van der Waals surface area contributed by atoms with Crippen molar-refractivity contribution >= 4 is 5.97 Å². The quantitative estimate of drug-likeness (QED) is 0.812. The lowest BCUT2D eigenvalue weighted by Crippen LogP contribution is -2.44. The first-order chi connectivity index (χ1) is 8.46. The van der Waals surface area contributed by atoms with Crippen molar-refractivity contribution in [3.8, 4) is 0 Å². The summed E-state index contributed by atoms with van der Waals surface area (Å²) >= 11 is 0. The van der Waals surface area contributed by atoms with Gasteiger partial charge in [0, 0.05) is 0 Å². The molecule has 2 saturated carbocycles. The van der Waals surface area contributed by atoms with E-state index in [1.807, 2.05) is 0 Å². The van der Waals surface area contributed by atoms with Crippen LogP contribution in [0.3, 0.4) is 0 Å². The Balaban J connectivity index is 2.08. The van der Waals surface area contributed by atoms with Crippen LogP contribution in [0.25, 0.3) is 0 Å². The van der Waals surface area contributed by atoms with Gasteiger partial charge in [0.1, 0.15) is 0 Å². The minimum Gasteiger partial charge on any atom is -0.481 e. The van der Waals surface area contributed by atoms with Gasteiger partial charge in [-0.3, -0.25) is 4.79 Å². The van der Waals surface area contributed by atoms with Crippen molar-refractivity contribution in [2.75, 3.05) is 0 Å². The van der Waals surface area contributed by atoms with Gasteiger partial charge in [0.2, 0.25) is 0 Å². The van der Waals surface area contributed by atoms with Crippen molar-refractivity contribution < 1.29 is 15.0 Å². The normalized spacial score (nSPS) is 36.2. The van der Waals surface area contributed by atoms with E-state index in [4.69, 9.17) is 0 Å². The van der Waals surface area contributed by atoms with Crippen molar-refractivity contribution in [2.24, 2.45) is 11.3 Å². The molecule has 0 aromatic heterocycles. The first-order valence-corrected chi connectivity index (χ1v) is 7.42. The van der Waals surface area contributed by atoms with Gasteiger partial charge in [0.15, 0.2) is 0 Å². The molecule has 0 aromatic carbocycles. The summed E-state index contributed by atoms with van der Waals surface area (Å²) in [5, 5.41) is 20.2. The second-order valence-electron chi connectivity index (χ2n) is 6.73. The van der Waals surface area contributed by atoms with Crippen LogP contribution >= 0.6 is 0 Å². The van der Waals surface area contributed by atoms with Gasteiger partial charge in [-0.2, -0.15) is 0 Å². The molecule has 3 nitrogen and oxygen atoms in total. The number of carbonyl (C=O) groups is 1. The summed E-state index contributed by atoms with van der Waals surface area (Å²) in [7, 11) is 0. The largest absolute Gasteiger partial charge is 0.481 e. The first-order valence-electron chi connectivity index (χ1n) is 7.42. The lowest BCUT2D eigenvalue weighted by Gasteiger charge is -2.43. The van der Waals surface area contributed by atoms with Gasteiger partial charge < -0.3 is 10.2 Å². The van der Waals surface area contributed by atoms with E-state index in [1.165, 1.54) is 6.42 Å². The third-order valence-corrected chi connectivity index (χ3v) is 5.14. The zero-order valence-electron chi connectivity index (χ0n) is 11.5. The maximum absolute atomic E-state index is 11.7. The molecule has 0 bridgehead atoms. The summed E-state index contributed by atoms with van der Waals surface area (Å²) < 4.78 is 0. The van der Waals surface area contributed by atoms with E-state index in [0.29, 0.717) is 12.3 Å². The minimum atomic E-state index is -0.711. The van der Waals surface area contributed by atoms with E-state index in [2.05, 4.69) is 6.92 Å². The van der Waals surface area contributed by atoms with E-state index < -0.39 is 17.0 Å². The highest BCUT2D eigenvalue weighted by molar-refractivity contribution is 5.75. The molecule has 0 aliphatic heterocycles. The Kier molecular flexibility index (Phi) is 4.00. The molecule has 2 N–H and O–H groups in total. The van der Waals surface area contributed by atoms with Gasteiger partial charge in [-0.15, -0.1) is 0 Å². The average Bonchev–Trinajstić information content (AvgIpc) is 2.33. The Labute approximate surface area is 110 Å². The van der Waals surface area contributed by atoms with Crippen LogP contribution < -0.4 is 0 Å². The highest BCUT2D eigenvalue weighted by Gasteiger charge is 2.47. The SMILES string of the molecule is CC1CCC(CC2(O)CCCCC2)(C(=O)O)CC1. The number of carboxylic acid groups (broad SMARTS) is 1. The highest BCUT2D eigenvalue weighted by Crippen LogP contribution is 2.47. The van der Waals surface area contributed by atoms with Crippen molar-refractivity contribution in [1.29, 1.82) is 0 Å². The Morgan fingerprint density at radius 3 is 2.17 bits per heavy atom. The first kappa shape index (κ1) is 13.9. The van der Waals surface area contributed by atoms with Crippen LogP contribution in [0.2, 0.25) is 0 Å². The number of hydrogen-bond acceptors (Lipinski definition) is 2. The van der Waals surface area contributed by atoms with Gasteiger partial charge in [-0.05, 0) is 50.9 Å². The van der Waals surface area contributed by atoms with Crippen LogP contribution in [0.5, 0.6) is 0 Å². The standard InChI is InChI=1S/C15H26O3/c1-12-5-9-14(10-6-12,13(16)17)11-15(18)7-3-2-4-8-15/h12,18H,2-11H2,1H3,(H,16,17). The van der Waals surface area contributed by atoms with Gasteiger partial charge in [-0.1, -0.05) is 26.2 Å². The zero-order chi connectivity index (χ0) is 13.2. The molecule has 2 rings (SSSR count). The fourth-order valence-corrected chi connectivity index (χ4v) is 3.80. The second kappa shape index (κ2) is 5.20. The molecular weight excluding hydrogens is 228 g/mol. The van der Waals surface area contributed by atoms with E-state index in [-0.39, 0.29) is 0 Å². The molecule has 104 valence electrons. The summed E-state index contributed by atoms with van der Waals surface area (Å²) in [6.45, 7) is 2.20. The molecule has 0 radical (unpaired) electrons. The van der Waals surface area contributed by atoms with Crippen molar-refractivity contribution in [2.45, 2.75) is 76.7 Å². The number of rotatable bonds is 3. The molecule has 2 aliphatic rings. The molecule has 2 fully saturated rings. The Morgan fingerprint density at radius 1 is 1.11 bits per heavy atom. The molecule has 0 amide bonds. The van der Waals surface area contributed by atoms with Gasteiger partial charge in [-0.25, -0.2) is 0 Å². The average molecular weight is 254 g/mol. The zero-order valence-corrected chi connectivity index (χ0v) is 11.5. The van der Waals surface area contributed by atoms with Crippen LogP contribution in [-0.2, 0) is 4.79 Å². The van der Waals surface area contributed by atoms with Crippen LogP contribution in [0.15, 0.2) is 0 Å². The Bertz CT molecular complexity index is 297. The highest BCUT2D eigenvalue weighted by atomic mass is 16.4. The van der Waals surface area contributed by atoms with Crippen molar-refractivity contribution in [1.82, 2.24) is 0 Å². The summed E-state index contributed by atoms with van der Waals surface area (Å²) in [5.41, 5.74) is -1.37. The van der Waals surface area contributed by atoms with E-state index >= 15 is 0 Å².